The first-order valence-electron chi connectivity index (χ1n) is 6.71. The van der Waals surface area contributed by atoms with Gasteiger partial charge in [-0.3, -0.25) is 0 Å². The lowest BCUT2D eigenvalue weighted by atomic mass is 9.95. The third-order valence-electron chi connectivity index (χ3n) is 2.93. The molecule has 0 amide bonds. The Kier molecular flexibility index (Phi) is 4.09. The zero-order valence-electron chi connectivity index (χ0n) is 12.5. The average Bonchev–Trinajstić information content (AvgIpc) is 2.84. The summed E-state index contributed by atoms with van der Waals surface area (Å²) in [6.07, 6.45) is 0. The van der Waals surface area contributed by atoms with Gasteiger partial charge in [0, 0.05) is 11.4 Å². The number of hydrogen-bond donors (Lipinski definition) is 1. The molecule has 0 spiro atoms. The summed E-state index contributed by atoms with van der Waals surface area (Å²) in [5.74, 6) is 0.490. The molecule has 2 heterocycles. The van der Waals surface area contributed by atoms with Crippen molar-refractivity contribution in [1.82, 2.24) is 9.97 Å². The molecular weight excluding hydrogens is 273 g/mol. The Morgan fingerprint density at radius 2 is 1.95 bits per heavy atom. The van der Waals surface area contributed by atoms with Crippen LogP contribution in [-0.4, -0.2) is 16.5 Å². The van der Waals surface area contributed by atoms with Crippen molar-refractivity contribution >= 4 is 17.2 Å². The molecule has 1 N–H and O–H groups in total. The molecule has 0 saturated carbocycles. The van der Waals surface area contributed by atoms with Crippen molar-refractivity contribution in [3.05, 3.63) is 28.5 Å². The second-order valence-electron chi connectivity index (χ2n) is 5.74. The molecule has 0 aliphatic rings. The summed E-state index contributed by atoms with van der Waals surface area (Å²) in [5, 5.41) is 2.94. The van der Waals surface area contributed by atoms with Gasteiger partial charge in [-0.05, 0) is 31.4 Å². The summed E-state index contributed by atoms with van der Waals surface area (Å²) in [6, 6.07) is 4.10. The number of thiophene rings is 1. The molecule has 0 radical (unpaired) electrons. The lowest BCUT2D eigenvalue weighted by Crippen LogP contribution is -2.08. The van der Waals surface area contributed by atoms with Crippen molar-refractivity contribution in [2.75, 3.05) is 11.9 Å². The number of anilines is 1. The van der Waals surface area contributed by atoms with E-state index >= 15 is 0 Å². The average molecular weight is 293 g/mol. The number of nitrogens with one attached hydrogen (secondary N) is 1. The molecule has 0 aliphatic carbocycles. The molecular formula is C15H20FN3S. The van der Waals surface area contributed by atoms with Gasteiger partial charge in [-0.15, -0.1) is 11.3 Å². The summed E-state index contributed by atoms with van der Waals surface area (Å²) in [4.78, 5) is 10.8. The van der Waals surface area contributed by atoms with Crippen molar-refractivity contribution in [2.45, 2.75) is 40.0 Å². The number of aromatic nitrogens is 2. The third kappa shape index (κ3) is 2.98. The van der Waals surface area contributed by atoms with E-state index in [2.05, 4.69) is 42.1 Å². The van der Waals surface area contributed by atoms with Crippen LogP contribution in [0.5, 0.6) is 0 Å². The van der Waals surface area contributed by atoms with E-state index < -0.39 is 0 Å². The van der Waals surface area contributed by atoms with Gasteiger partial charge in [0.2, 0.25) is 0 Å². The molecule has 0 unspecified atom stereocenters. The van der Waals surface area contributed by atoms with E-state index in [0.29, 0.717) is 18.1 Å². The lowest BCUT2D eigenvalue weighted by Gasteiger charge is -2.15. The zero-order chi connectivity index (χ0) is 14.9. The van der Waals surface area contributed by atoms with Crippen LogP contribution in [0, 0.1) is 12.7 Å². The molecule has 3 nitrogen and oxygen atoms in total. The summed E-state index contributed by atoms with van der Waals surface area (Å²) >= 11 is 1.66. The van der Waals surface area contributed by atoms with Gasteiger partial charge < -0.3 is 5.32 Å². The minimum absolute atomic E-state index is 0.0997. The SMILES string of the molecule is CCNc1nc(-c2ccc(C(C)(C)C)s2)nc(C)c1F. The molecule has 2 rings (SSSR count). The molecule has 0 aliphatic heterocycles. The molecule has 2 aromatic heterocycles. The van der Waals surface area contributed by atoms with Gasteiger partial charge in [0.1, 0.15) is 0 Å². The fraction of sp³-hybridized carbons (Fsp3) is 0.467. The number of hydrogen-bond acceptors (Lipinski definition) is 4. The maximum absolute atomic E-state index is 13.9. The molecule has 20 heavy (non-hydrogen) atoms. The van der Waals surface area contributed by atoms with Crippen molar-refractivity contribution in [2.24, 2.45) is 0 Å². The lowest BCUT2D eigenvalue weighted by molar-refractivity contribution is 0.604. The number of aryl methyl sites for hydroxylation is 1. The minimum atomic E-state index is -0.372. The van der Waals surface area contributed by atoms with Crippen LogP contribution in [0.4, 0.5) is 10.2 Å². The second kappa shape index (κ2) is 5.48. The molecule has 0 bridgehead atoms. The molecule has 108 valence electrons. The van der Waals surface area contributed by atoms with E-state index in [1.807, 2.05) is 13.0 Å². The van der Waals surface area contributed by atoms with Crippen molar-refractivity contribution in [1.29, 1.82) is 0 Å². The summed E-state index contributed by atoms with van der Waals surface area (Å²) < 4.78 is 13.9. The predicted molar refractivity (Wildman–Crippen MR) is 82.9 cm³/mol. The van der Waals surface area contributed by atoms with E-state index in [9.17, 15) is 4.39 Å². The highest BCUT2D eigenvalue weighted by molar-refractivity contribution is 7.15. The number of rotatable bonds is 3. The van der Waals surface area contributed by atoms with E-state index in [1.165, 1.54) is 4.88 Å². The van der Waals surface area contributed by atoms with Crippen LogP contribution in [0.2, 0.25) is 0 Å². The van der Waals surface area contributed by atoms with Crippen LogP contribution in [0.25, 0.3) is 10.7 Å². The molecule has 5 heteroatoms. The fourth-order valence-electron chi connectivity index (χ4n) is 1.82. The molecule has 0 aromatic carbocycles. The standard InChI is InChI=1S/C15H20FN3S/c1-6-17-14-12(16)9(2)18-13(19-14)10-7-8-11(20-10)15(3,4)5/h7-8H,6H2,1-5H3,(H,17,18,19). The Morgan fingerprint density at radius 3 is 2.50 bits per heavy atom. The van der Waals surface area contributed by atoms with Crippen LogP contribution in [0.15, 0.2) is 12.1 Å². The van der Waals surface area contributed by atoms with Gasteiger partial charge in [-0.25, -0.2) is 14.4 Å². The predicted octanol–water partition coefficient (Wildman–Crippen LogP) is 4.38. The van der Waals surface area contributed by atoms with Gasteiger partial charge >= 0.3 is 0 Å². The van der Waals surface area contributed by atoms with Gasteiger partial charge in [0.05, 0.1) is 10.6 Å². The van der Waals surface area contributed by atoms with Crippen LogP contribution >= 0.6 is 11.3 Å². The molecule has 0 atom stereocenters. The Morgan fingerprint density at radius 1 is 1.25 bits per heavy atom. The topological polar surface area (TPSA) is 37.8 Å². The van der Waals surface area contributed by atoms with Gasteiger partial charge in [0.25, 0.3) is 0 Å². The summed E-state index contributed by atoms with van der Waals surface area (Å²) in [5.41, 5.74) is 0.472. The zero-order valence-corrected chi connectivity index (χ0v) is 13.4. The minimum Gasteiger partial charge on any atom is -0.368 e. The highest BCUT2D eigenvalue weighted by atomic mass is 32.1. The highest BCUT2D eigenvalue weighted by Gasteiger charge is 2.19. The summed E-state index contributed by atoms with van der Waals surface area (Å²) in [6.45, 7) is 10.7. The first-order chi connectivity index (χ1) is 9.32. The number of nitrogens with zero attached hydrogens (tertiary/aromatic N) is 2. The summed E-state index contributed by atoms with van der Waals surface area (Å²) in [7, 11) is 0. The maximum atomic E-state index is 13.9. The Balaban J connectivity index is 2.45. The highest BCUT2D eigenvalue weighted by Crippen LogP contribution is 2.34. The van der Waals surface area contributed by atoms with Gasteiger partial charge in [-0.2, -0.15) is 0 Å². The molecule has 0 saturated heterocycles. The quantitative estimate of drug-likeness (QED) is 0.912. The largest absolute Gasteiger partial charge is 0.368 e. The van der Waals surface area contributed by atoms with Crippen molar-refractivity contribution < 1.29 is 4.39 Å². The monoisotopic (exact) mass is 293 g/mol. The van der Waals surface area contributed by atoms with Crippen molar-refractivity contribution in [3.8, 4) is 10.7 Å². The second-order valence-corrected chi connectivity index (χ2v) is 6.82. The van der Waals surface area contributed by atoms with Crippen LogP contribution in [0.3, 0.4) is 0 Å². The molecule has 2 aromatic rings. The normalized spacial score (nSPS) is 11.7. The first-order valence-corrected chi connectivity index (χ1v) is 7.53. The van der Waals surface area contributed by atoms with Gasteiger partial charge in [-0.1, -0.05) is 20.8 Å². The maximum Gasteiger partial charge on any atom is 0.186 e. The first kappa shape index (κ1) is 14.9. The van der Waals surface area contributed by atoms with Gasteiger partial charge in [0.15, 0.2) is 17.5 Å². The van der Waals surface area contributed by atoms with E-state index in [0.717, 1.165) is 4.88 Å². The molecule has 0 fully saturated rings. The number of halogens is 1. The van der Waals surface area contributed by atoms with E-state index in [-0.39, 0.29) is 17.1 Å². The smallest absolute Gasteiger partial charge is 0.186 e. The third-order valence-corrected chi connectivity index (χ3v) is 4.43. The Bertz CT molecular complexity index is 614. The Labute approximate surface area is 123 Å². The Hall–Kier alpha value is -1.49. The van der Waals surface area contributed by atoms with Crippen LogP contribution in [0.1, 0.15) is 38.3 Å². The van der Waals surface area contributed by atoms with Crippen LogP contribution < -0.4 is 5.32 Å². The van der Waals surface area contributed by atoms with E-state index in [4.69, 9.17) is 0 Å². The fourth-order valence-corrected chi connectivity index (χ4v) is 2.81. The van der Waals surface area contributed by atoms with Crippen LogP contribution in [-0.2, 0) is 5.41 Å². The van der Waals surface area contributed by atoms with Crippen molar-refractivity contribution in [3.63, 3.8) is 0 Å². The van der Waals surface area contributed by atoms with E-state index in [1.54, 1.807) is 18.3 Å².